The Labute approximate surface area is 142 Å². The molecule has 7 nitrogen and oxygen atoms in total. The lowest BCUT2D eigenvalue weighted by atomic mass is 10.2. The molecule has 0 aliphatic rings. The van der Waals surface area contributed by atoms with Crippen LogP contribution in [0.4, 0.5) is 11.4 Å². The van der Waals surface area contributed by atoms with Crippen molar-refractivity contribution in [2.75, 3.05) is 36.8 Å². The maximum absolute atomic E-state index is 12.1. The highest BCUT2D eigenvalue weighted by Crippen LogP contribution is 2.13. The average Bonchev–Trinajstić information content (AvgIpc) is 2.53. The molecule has 0 fully saturated rings. The Hall–Kier alpha value is -2.41. The maximum Gasteiger partial charge on any atom is 0.279 e. The summed E-state index contributed by atoms with van der Waals surface area (Å²) in [5, 5.41) is 8.28. The van der Waals surface area contributed by atoms with Gasteiger partial charge in [0.2, 0.25) is 5.91 Å². The highest BCUT2D eigenvalue weighted by molar-refractivity contribution is 5.92. The molecule has 0 aliphatic heterocycles. The van der Waals surface area contributed by atoms with Gasteiger partial charge in [-0.2, -0.15) is 0 Å². The minimum Gasteiger partial charge on any atom is -0.351 e. The number of benzene rings is 1. The Balaban J connectivity index is 2.48. The number of nitrogens with one attached hydrogen (secondary N) is 4. The molecule has 1 rings (SSSR count). The summed E-state index contributed by atoms with van der Waals surface area (Å²) in [6.45, 7) is 7.23. The van der Waals surface area contributed by atoms with Crippen LogP contribution in [0.15, 0.2) is 24.3 Å². The lowest BCUT2D eigenvalue weighted by Crippen LogP contribution is -3.14. The summed E-state index contributed by atoms with van der Waals surface area (Å²) >= 11 is 0. The van der Waals surface area contributed by atoms with Crippen LogP contribution in [0.25, 0.3) is 0 Å². The fraction of sp³-hybridized carbons (Fsp3) is 0.471. The van der Waals surface area contributed by atoms with E-state index in [1.807, 2.05) is 13.8 Å². The molecule has 0 saturated carbocycles. The van der Waals surface area contributed by atoms with Crippen LogP contribution >= 0.6 is 0 Å². The minimum atomic E-state index is -0.151. The SMILES string of the molecule is CCCNC(=O)C[NH+](CC)CC(=O)Nc1ccc(NC(C)=O)cc1. The lowest BCUT2D eigenvalue weighted by molar-refractivity contribution is -0.881. The van der Waals surface area contributed by atoms with Gasteiger partial charge in [0.05, 0.1) is 6.54 Å². The van der Waals surface area contributed by atoms with E-state index in [1.54, 1.807) is 24.3 Å². The van der Waals surface area contributed by atoms with E-state index in [9.17, 15) is 14.4 Å². The first kappa shape index (κ1) is 19.6. The number of rotatable bonds is 9. The van der Waals surface area contributed by atoms with Crippen molar-refractivity contribution in [1.82, 2.24) is 5.32 Å². The van der Waals surface area contributed by atoms with Crippen molar-refractivity contribution >= 4 is 29.1 Å². The molecule has 132 valence electrons. The van der Waals surface area contributed by atoms with Crippen LogP contribution < -0.4 is 20.9 Å². The third-order valence-electron chi connectivity index (χ3n) is 3.38. The number of anilines is 2. The highest BCUT2D eigenvalue weighted by atomic mass is 16.2. The molecule has 1 aromatic carbocycles. The first-order valence-electron chi connectivity index (χ1n) is 8.22. The summed E-state index contributed by atoms with van der Waals surface area (Å²) in [6.07, 6.45) is 0.891. The van der Waals surface area contributed by atoms with Gasteiger partial charge in [0.1, 0.15) is 0 Å². The van der Waals surface area contributed by atoms with Crippen molar-refractivity contribution in [3.63, 3.8) is 0 Å². The normalized spacial score (nSPS) is 11.5. The zero-order valence-electron chi connectivity index (χ0n) is 14.6. The third kappa shape index (κ3) is 7.73. The van der Waals surface area contributed by atoms with Gasteiger partial charge in [0.15, 0.2) is 13.1 Å². The quantitative estimate of drug-likeness (QED) is 0.512. The topological polar surface area (TPSA) is 91.7 Å². The summed E-state index contributed by atoms with van der Waals surface area (Å²) in [6, 6.07) is 6.89. The predicted octanol–water partition coefficient (Wildman–Crippen LogP) is 0.0145. The molecule has 7 heteroatoms. The van der Waals surface area contributed by atoms with E-state index >= 15 is 0 Å². The zero-order chi connectivity index (χ0) is 17.9. The van der Waals surface area contributed by atoms with Gasteiger partial charge in [0.25, 0.3) is 11.8 Å². The molecule has 4 N–H and O–H groups in total. The van der Waals surface area contributed by atoms with E-state index in [0.717, 1.165) is 11.3 Å². The molecular weight excluding hydrogens is 308 g/mol. The molecule has 0 saturated heterocycles. The van der Waals surface area contributed by atoms with E-state index in [-0.39, 0.29) is 30.8 Å². The number of quaternary nitrogens is 1. The number of hydrogen-bond donors (Lipinski definition) is 4. The largest absolute Gasteiger partial charge is 0.351 e. The number of hydrogen-bond acceptors (Lipinski definition) is 3. The first-order valence-corrected chi connectivity index (χ1v) is 8.22. The van der Waals surface area contributed by atoms with Crippen LogP contribution in [-0.2, 0) is 14.4 Å². The molecule has 0 heterocycles. The number of carbonyl (C=O) groups excluding carboxylic acids is 3. The first-order chi connectivity index (χ1) is 11.4. The van der Waals surface area contributed by atoms with Crippen molar-refractivity contribution in [3.05, 3.63) is 24.3 Å². The third-order valence-corrected chi connectivity index (χ3v) is 3.38. The van der Waals surface area contributed by atoms with Gasteiger partial charge in [-0.3, -0.25) is 14.4 Å². The number of amides is 3. The van der Waals surface area contributed by atoms with E-state index in [0.29, 0.717) is 24.5 Å². The van der Waals surface area contributed by atoms with Gasteiger partial charge in [-0.25, -0.2) is 0 Å². The predicted molar refractivity (Wildman–Crippen MR) is 93.9 cm³/mol. The monoisotopic (exact) mass is 335 g/mol. The summed E-state index contributed by atoms with van der Waals surface area (Å²) in [4.78, 5) is 35.7. The van der Waals surface area contributed by atoms with Crippen LogP contribution in [0.2, 0.25) is 0 Å². The molecule has 0 radical (unpaired) electrons. The van der Waals surface area contributed by atoms with Crippen LogP contribution in [0.3, 0.4) is 0 Å². The molecule has 1 aromatic rings. The fourth-order valence-corrected chi connectivity index (χ4v) is 2.14. The molecule has 0 bridgehead atoms. The summed E-state index contributed by atoms with van der Waals surface area (Å²) in [5.41, 5.74) is 1.33. The molecule has 1 atom stereocenters. The highest BCUT2D eigenvalue weighted by Gasteiger charge is 2.16. The van der Waals surface area contributed by atoms with Crippen LogP contribution in [0, 0.1) is 0 Å². The lowest BCUT2D eigenvalue weighted by Gasteiger charge is -2.17. The Morgan fingerprint density at radius 2 is 1.46 bits per heavy atom. The van der Waals surface area contributed by atoms with Crippen LogP contribution in [-0.4, -0.2) is 43.9 Å². The fourth-order valence-electron chi connectivity index (χ4n) is 2.14. The Bertz CT molecular complexity index is 557. The van der Waals surface area contributed by atoms with Gasteiger partial charge in [-0.05, 0) is 37.6 Å². The molecule has 24 heavy (non-hydrogen) atoms. The van der Waals surface area contributed by atoms with Gasteiger partial charge in [-0.15, -0.1) is 0 Å². The molecule has 1 unspecified atom stereocenters. The maximum atomic E-state index is 12.1. The molecule has 3 amide bonds. The van der Waals surface area contributed by atoms with Crippen molar-refractivity contribution < 1.29 is 19.3 Å². The zero-order valence-corrected chi connectivity index (χ0v) is 14.6. The second-order valence-corrected chi connectivity index (χ2v) is 5.61. The van der Waals surface area contributed by atoms with Crippen LogP contribution in [0.5, 0.6) is 0 Å². The van der Waals surface area contributed by atoms with E-state index in [1.165, 1.54) is 6.92 Å². The van der Waals surface area contributed by atoms with Crippen LogP contribution in [0.1, 0.15) is 27.2 Å². The molecule has 0 aliphatic carbocycles. The van der Waals surface area contributed by atoms with Gasteiger partial charge in [-0.1, -0.05) is 6.92 Å². The summed E-state index contributed by atoms with van der Waals surface area (Å²) in [7, 11) is 0. The minimum absolute atomic E-state index is 0.0406. The Morgan fingerprint density at radius 3 is 1.96 bits per heavy atom. The van der Waals surface area contributed by atoms with Gasteiger partial charge >= 0.3 is 0 Å². The standard InChI is InChI=1S/C17H26N4O3/c1-4-10-18-16(23)11-21(5-2)12-17(24)20-15-8-6-14(7-9-15)19-13(3)22/h6-9H,4-5,10-12H2,1-3H3,(H,18,23)(H,19,22)(H,20,24)/p+1. The van der Waals surface area contributed by atoms with E-state index in [2.05, 4.69) is 16.0 Å². The van der Waals surface area contributed by atoms with Crippen molar-refractivity contribution in [3.8, 4) is 0 Å². The average molecular weight is 335 g/mol. The smallest absolute Gasteiger partial charge is 0.279 e. The van der Waals surface area contributed by atoms with Gasteiger partial charge in [0, 0.05) is 24.8 Å². The molecule has 0 aromatic heterocycles. The van der Waals surface area contributed by atoms with E-state index in [4.69, 9.17) is 0 Å². The Morgan fingerprint density at radius 1 is 0.917 bits per heavy atom. The second kappa shape index (κ2) is 10.4. The molecule has 0 spiro atoms. The van der Waals surface area contributed by atoms with Gasteiger partial charge < -0.3 is 20.9 Å². The van der Waals surface area contributed by atoms with Crippen molar-refractivity contribution in [2.45, 2.75) is 27.2 Å². The number of likely N-dealkylation sites (N-methyl/N-ethyl adjacent to an activating group) is 1. The van der Waals surface area contributed by atoms with Crippen molar-refractivity contribution in [2.24, 2.45) is 0 Å². The Kier molecular flexibility index (Phi) is 8.49. The molecular formula is C17H27N4O3+. The second-order valence-electron chi connectivity index (χ2n) is 5.61. The van der Waals surface area contributed by atoms with E-state index < -0.39 is 0 Å². The summed E-state index contributed by atoms with van der Waals surface area (Å²) in [5.74, 6) is -0.334. The van der Waals surface area contributed by atoms with Crippen molar-refractivity contribution in [1.29, 1.82) is 0 Å². The summed E-state index contributed by atoms with van der Waals surface area (Å²) < 4.78 is 0. The number of carbonyl (C=O) groups is 3.